The first-order chi connectivity index (χ1) is 16.3. The van der Waals surface area contributed by atoms with Crippen LogP contribution in [0.15, 0.2) is 55.4 Å². The molecule has 174 valence electrons. The first kappa shape index (κ1) is 23.1. The number of nitrogens with two attached hydrogens (primary N) is 1. The average Bonchev–Trinajstić information content (AvgIpc) is 3.14. The molecule has 9 heteroatoms. The fraction of sp³-hybridized carbons (Fsp3) is 0.160. The Kier molecular flexibility index (Phi) is 6.43. The molecule has 4 aromatic rings. The molecule has 2 aromatic heterocycles. The van der Waals surface area contributed by atoms with E-state index in [-0.39, 0.29) is 12.2 Å². The maximum atomic E-state index is 12.3. The predicted octanol–water partition coefficient (Wildman–Crippen LogP) is 5.78. The quantitative estimate of drug-likeness (QED) is 0.336. The van der Waals surface area contributed by atoms with Crippen LogP contribution in [0, 0.1) is 0 Å². The predicted molar refractivity (Wildman–Crippen MR) is 132 cm³/mol. The van der Waals surface area contributed by atoms with Crippen LogP contribution in [-0.4, -0.2) is 27.7 Å². The van der Waals surface area contributed by atoms with Gasteiger partial charge in [-0.1, -0.05) is 37.2 Å². The van der Waals surface area contributed by atoms with Gasteiger partial charge < -0.3 is 19.9 Å². The van der Waals surface area contributed by atoms with Gasteiger partial charge in [0, 0.05) is 11.4 Å². The molecule has 0 radical (unpaired) electrons. The van der Waals surface area contributed by atoms with E-state index in [0.717, 1.165) is 0 Å². The molecule has 0 atom stereocenters. The van der Waals surface area contributed by atoms with Gasteiger partial charge in [0.05, 0.1) is 12.7 Å². The summed E-state index contributed by atoms with van der Waals surface area (Å²) in [4.78, 5) is 16.5. The van der Waals surface area contributed by atoms with Crippen molar-refractivity contribution in [3.63, 3.8) is 0 Å². The highest BCUT2D eigenvalue weighted by atomic mass is 35.5. The maximum Gasteiger partial charge on any atom is 0.310 e. The first-order valence-corrected chi connectivity index (χ1v) is 10.8. The van der Waals surface area contributed by atoms with Gasteiger partial charge in [-0.15, -0.1) is 0 Å². The van der Waals surface area contributed by atoms with E-state index >= 15 is 0 Å². The number of ether oxygens (including phenoxy) is 3. The van der Waals surface area contributed by atoms with Crippen molar-refractivity contribution in [3.8, 4) is 34.1 Å². The summed E-state index contributed by atoms with van der Waals surface area (Å²) in [6.45, 7) is 7.56. The number of benzene rings is 2. The highest BCUT2D eigenvalue weighted by Crippen LogP contribution is 2.45. The van der Waals surface area contributed by atoms with Crippen LogP contribution in [0.5, 0.6) is 23.0 Å². The zero-order chi connectivity index (χ0) is 24.4. The van der Waals surface area contributed by atoms with E-state index in [0.29, 0.717) is 55.9 Å². The van der Waals surface area contributed by atoms with Crippen LogP contribution < -0.4 is 19.9 Å². The summed E-state index contributed by atoms with van der Waals surface area (Å²) >= 11 is 6.07. The van der Waals surface area contributed by atoms with Gasteiger partial charge in [0.25, 0.3) is 0 Å². The molecule has 34 heavy (non-hydrogen) atoms. The Morgan fingerprint density at radius 3 is 2.68 bits per heavy atom. The minimum Gasteiger partial charge on any atom is -0.493 e. The highest BCUT2D eigenvalue weighted by molar-refractivity contribution is 6.30. The molecule has 0 aliphatic carbocycles. The van der Waals surface area contributed by atoms with Crippen LogP contribution in [0.3, 0.4) is 0 Å². The lowest BCUT2D eigenvalue weighted by atomic mass is 10.0. The number of aromatic nitrogens is 3. The molecule has 0 fully saturated rings. The number of nitrogen functional groups attached to an aromatic ring is 1. The van der Waals surface area contributed by atoms with E-state index in [9.17, 15) is 4.79 Å². The number of rotatable bonds is 7. The smallest absolute Gasteiger partial charge is 0.310 e. The normalized spacial score (nSPS) is 10.8. The molecule has 0 unspecified atom stereocenters. The van der Waals surface area contributed by atoms with Crippen molar-refractivity contribution in [2.75, 3.05) is 12.8 Å². The number of hydrogen-bond acceptors (Lipinski definition) is 7. The van der Waals surface area contributed by atoms with Crippen LogP contribution in [0.1, 0.15) is 26.0 Å². The molecule has 4 rings (SSSR count). The number of nitrogens with zero attached hydrogens (tertiary/aromatic N) is 3. The summed E-state index contributed by atoms with van der Waals surface area (Å²) in [6, 6.07) is 12.4. The van der Waals surface area contributed by atoms with Crippen molar-refractivity contribution in [2.24, 2.45) is 0 Å². The van der Waals surface area contributed by atoms with Crippen LogP contribution in [-0.2, 0) is 4.79 Å². The highest BCUT2D eigenvalue weighted by Gasteiger charge is 2.27. The number of halogens is 1. The van der Waals surface area contributed by atoms with Crippen molar-refractivity contribution in [1.82, 2.24) is 14.6 Å². The van der Waals surface area contributed by atoms with Gasteiger partial charge >= 0.3 is 5.97 Å². The Balaban J connectivity index is 1.93. The lowest BCUT2D eigenvalue weighted by Crippen LogP contribution is -2.07. The van der Waals surface area contributed by atoms with Gasteiger partial charge in [-0.3, -0.25) is 4.79 Å². The lowest BCUT2D eigenvalue weighted by Gasteiger charge is -2.13. The molecule has 2 aromatic carbocycles. The molecular formula is C25H23ClN4O4. The Morgan fingerprint density at radius 2 is 2.00 bits per heavy atom. The fourth-order valence-corrected chi connectivity index (χ4v) is 3.77. The van der Waals surface area contributed by atoms with Gasteiger partial charge in [0.15, 0.2) is 23.1 Å². The molecule has 8 nitrogen and oxygen atoms in total. The van der Waals surface area contributed by atoms with E-state index in [1.165, 1.54) is 13.4 Å². The largest absolute Gasteiger partial charge is 0.493 e. The molecule has 0 aliphatic heterocycles. The summed E-state index contributed by atoms with van der Waals surface area (Å²) in [6.07, 6.45) is 1.53. The molecule has 0 bridgehead atoms. The first-order valence-electron chi connectivity index (χ1n) is 10.5. The third kappa shape index (κ3) is 4.27. The number of esters is 1. The summed E-state index contributed by atoms with van der Waals surface area (Å²) in [5, 5.41) is 4.89. The Morgan fingerprint density at radius 1 is 1.21 bits per heavy atom. The Labute approximate surface area is 201 Å². The van der Waals surface area contributed by atoms with Crippen molar-refractivity contribution < 1.29 is 19.0 Å². The molecule has 0 saturated carbocycles. The summed E-state index contributed by atoms with van der Waals surface area (Å²) in [5.41, 5.74) is 9.12. The summed E-state index contributed by atoms with van der Waals surface area (Å²) in [7, 11) is 1.54. The minimum absolute atomic E-state index is 0.193. The van der Waals surface area contributed by atoms with E-state index in [1.54, 1.807) is 54.8 Å². The number of carbonyl (C=O) groups is 1. The second-order valence-electron chi connectivity index (χ2n) is 7.49. The van der Waals surface area contributed by atoms with Crippen molar-refractivity contribution in [2.45, 2.75) is 20.3 Å². The summed E-state index contributed by atoms with van der Waals surface area (Å²) < 4.78 is 18.9. The minimum atomic E-state index is -0.404. The monoisotopic (exact) mass is 478 g/mol. The number of methoxy groups -OCH3 is 1. The zero-order valence-corrected chi connectivity index (χ0v) is 19.7. The third-order valence-electron chi connectivity index (χ3n) is 5.09. The number of anilines is 1. The third-order valence-corrected chi connectivity index (χ3v) is 5.33. The zero-order valence-electron chi connectivity index (χ0n) is 19.0. The molecule has 0 aliphatic rings. The maximum absolute atomic E-state index is 12.3. The number of hydrogen-bond donors (Lipinski definition) is 1. The SMILES string of the molecule is C=C(C)c1c(OC(=O)CC)c(-c2ccc(Oc3cccc(Cl)c3)c(OC)c2)c2c(N)ncnn12. The molecule has 2 heterocycles. The topological polar surface area (TPSA) is 101 Å². The van der Waals surface area contributed by atoms with Gasteiger partial charge in [0.2, 0.25) is 0 Å². The van der Waals surface area contributed by atoms with E-state index < -0.39 is 5.97 Å². The van der Waals surface area contributed by atoms with Crippen molar-refractivity contribution in [1.29, 1.82) is 0 Å². The number of allylic oxidation sites excluding steroid dienone is 1. The van der Waals surface area contributed by atoms with Gasteiger partial charge in [0.1, 0.15) is 23.3 Å². The van der Waals surface area contributed by atoms with Crippen LogP contribution in [0.2, 0.25) is 5.02 Å². The Bertz CT molecular complexity index is 1410. The number of carbonyl (C=O) groups excluding carboxylic acids is 1. The van der Waals surface area contributed by atoms with E-state index in [4.69, 9.17) is 31.5 Å². The standard InChI is InChI=1S/C25H23ClN4O4/c1-5-20(31)34-24-21(23-25(27)28-13-29-30(23)22(24)14(2)3)15-9-10-18(19(11-15)32-4)33-17-8-6-7-16(26)12-17/h6-13H,2,5H2,1,3-4H3,(H2,27,28,29). The summed E-state index contributed by atoms with van der Waals surface area (Å²) in [5.74, 6) is 1.62. The van der Waals surface area contributed by atoms with Gasteiger partial charge in [-0.25, -0.2) is 9.50 Å². The molecule has 0 amide bonds. The molecule has 0 spiro atoms. The van der Waals surface area contributed by atoms with E-state index in [1.807, 2.05) is 6.07 Å². The second-order valence-corrected chi connectivity index (χ2v) is 7.93. The van der Waals surface area contributed by atoms with Crippen LogP contribution in [0.25, 0.3) is 22.2 Å². The lowest BCUT2D eigenvalue weighted by molar-refractivity contribution is -0.133. The average molecular weight is 479 g/mol. The molecule has 0 saturated heterocycles. The molecule has 2 N–H and O–H groups in total. The fourth-order valence-electron chi connectivity index (χ4n) is 3.59. The van der Waals surface area contributed by atoms with Crippen LogP contribution in [0.4, 0.5) is 5.82 Å². The van der Waals surface area contributed by atoms with Gasteiger partial charge in [-0.2, -0.15) is 5.10 Å². The van der Waals surface area contributed by atoms with E-state index in [2.05, 4.69) is 16.7 Å². The molecular weight excluding hydrogens is 456 g/mol. The number of fused-ring (bicyclic) bond motifs is 1. The second kappa shape index (κ2) is 9.44. The van der Waals surface area contributed by atoms with Crippen molar-refractivity contribution >= 4 is 34.5 Å². The van der Waals surface area contributed by atoms with Crippen molar-refractivity contribution in [3.05, 3.63) is 66.1 Å². The van der Waals surface area contributed by atoms with Gasteiger partial charge in [-0.05, 0) is 48.4 Å². The van der Waals surface area contributed by atoms with Crippen LogP contribution >= 0.6 is 11.6 Å². The Hall–Kier alpha value is -4.04.